The van der Waals surface area contributed by atoms with Crippen molar-refractivity contribution in [3.8, 4) is 0 Å². The number of carbonyl (C=O) groups excluding carboxylic acids is 1. The van der Waals surface area contributed by atoms with E-state index in [1.807, 2.05) is 91.0 Å². The molecule has 0 aliphatic carbocycles. The van der Waals surface area contributed by atoms with E-state index in [1.165, 1.54) is 0 Å². The van der Waals surface area contributed by atoms with Gasteiger partial charge in [0.15, 0.2) is 19.4 Å². The Morgan fingerprint density at radius 1 is 0.622 bits per heavy atom. The zero-order valence-electron chi connectivity index (χ0n) is 23.7. The average molecular weight is 681 g/mol. The monoisotopic (exact) mass is 680 g/mol. The fourth-order valence-electron chi connectivity index (χ4n) is 4.54. The third-order valence-corrected chi connectivity index (χ3v) is 13.1. The van der Waals surface area contributed by atoms with Crippen molar-refractivity contribution in [1.29, 1.82) is 0 Å². The van der Waals surface area contributed by atoms with Gasteiger partial charge in [-0.3, -0.25) is 10.1 Å². The van der Waals surface area contributed by atoms with E-state index in [0.717, 1.165) is 35.4 Å². The predicted octanol–water partition coefficient (Wildman–Crippen LogP) is 3.65. The lowest BCUT2D eigenvalue weighted by Crippen LogP contribution is -2.58. The largest absolute Gasteiger partial charge is 0.292 e. The van der Waals surface area contributed by atoms with E-state index in [4.69, 9.17) is 18.6 Å². The van der Waals surface area contributed by atoms with Crippen LogP contribution in [0.3, 0.4) is 0 Å². The van der Waals surface area contributed by atoms with Gasteiger partial charge < -0.3 is 0 Å². The van der Waals surface area contributed by atoms with Crippen LogP contribution in [0.15, 0.2) is 171 Å². The highest BCUT2D eigenvalue weighted by molar-refractivity contribution is 8.23. The average Bonchev–Trinajstić information content (AvgIpc) is 3.06. The van der Waals surface area contributed by atoms with E-state index >= 15 is 0 Å². The molecule has 5 aromatic rings. The third-order valence-electron chi connectivity index (χ3n) is 6.25. The molecule has 0 aromatic heterocycles. The van der Waals surface area contributed by atoms with E-state index in [-0.39, 0.29) is 0 Å². The molecule has 45 heavy (non-hydrogen) atoms. The number of hydrogen-bond donors (Lipinski definition) is 2. The number of hydrogen-bond acceptors (Lipinski definition) is 7. The molecule has 0 fully saturated rings. The maximum Gasteiger partial charge on any atom is 0.258 e. The number of nitrogens with one attached hydrogen (secondary N) is 1. The predicted molar refractivity (Wildman–Crippen MR) is 173 cm³/mol. The molecular formula is C34H29ClFNO5PS2+. The fraction of sp³-hybridized carbons (Fsp3) is 0.0294. The number of carbonyl (C=O) groups is 1. The molecule has 0 unspecified atom stereocenters. The van der Waals surface area contributed by atoms with Crippen molar-refractivity contribution >= 4 is 52.6 Å². The summed E-state index contributed by atoms with van der Waals surface area (Å²) in [6.45, 7) is -1.11. The second-order valence-electron chi connectivity index (χ2n) is 9.22. The Morgan fingerprint density at radius 3 is 1.20 bits per heavy atom. The van der Waals surface area contributed by atoms with Crippen LogP contribution in [0.25, 0.3) is 0 Å². The van der Waals surface area contributed by atoms with Crippen molar-refractivity contribution in [2.24, 2.45) is 0 Å². The zero-order valence-corrected chi connectivity index (χ0v) is 27.0. The first-order valence-corrected chi connectivity index (χ1v) is 18.2. The summed E-state index contributed by atoms with van der Waals surface area (Å²) >= 11 is 3.18. The van der Waals surface area contributed by atoms with E-state index in [9.17, 15) is 9.18 Å². The van der Waals surface area contributed by atoms with Crippen LogP contribution < -0.4 is 35.2 Å². The molecule has 0 saturated heterocycles. The lowest BCUT2D eigenvalue weighted by atomic mass is 10.4. The first-order valence-electron chi connectivity index (χ1n) is 13.5. The topological polar surface area (TPSA) is 119 Å². The number of rotatable bonds is 10. The minimum atomic E-state index is -4.69. The number of alkyl halides is 1. The molecule has 0 aliphatic rings. The highest BCUT2D eigenvalue weighted by atomic mass is 35.7. The zero-order chi connectivity index (χ0) is 32.1. The SMILES string of the molecule is O=C(CF)NC(=C(Sc1ccccc1)Sc1ccccc1)[P+](c1ccccc1)(c1ccccc1)c1ccccc1.[O-][Cl+3]([O-])([O-])O. The quantitative estimate of drug-likeness (QED) is 0.171. The molecule has 0 radical (unpaired) electrons. The van der Waals surface area contributed by atoms with Crippen LogP contribution in [0.2, 0.25) is 0 Å². The normalized spacial score (nSPS) is 11.1. The Labute approximate surface area is 272 Å². The fourth-order valence-corrected chi connectivity index (χ4v) is 11.8. The van der Waals surface area contributed by atoms with Gasteiger partial charge in [-0.05, 0) is 60.7 Å². The first kappa shape index (κ1) is 34.4. The van der Waals surface area contributed by atoms with E-state index in [1.54, 1.807) is 23.5 Å². The molecule has 0 aliphatic heterocycles. The Kier molecular flexibility index (Phi) is 12.8. The maximum absolute atomic E-state index is 14.0. The van der Waals surface area contributed by atoms with Crippen molar-refractivity contribution in [2.75, 3.05) is 6.67 Å². The number of amides is 1. The van der Waals surface area contributed by atoms with Crippen molar-refractivity contribution in [3.05, 3.63) is 161 Å². The molecule has 0 atom stereocenters. The maximum atomic E-state index is 14.0. The minimum absolute atomic E-state index is 0.665. The van der Waals surface area contributed by atoms with Crippen molar-refractivity contribution in [2.45, 2.75) is 9.79 Å². The standard InChI is InChI=1S/C34H27FNOPS2.ClHO4/c35-26-32(37)36-33(34(39-30-22-12-4-13-23-30)40-31-24-14-5-15-25-31)38(27-16-6-1-7-17-27,28-18-8-2-9-19-28)29-20-10-3-11-21-29;2-1(3,4)5/h1-25H,26H2;(H,2,3,4,5)/p+1. The first-order chi connectivity index (χ1) is 21.7. The van der Waals surface area contributed by atoms with Crippen molar-refractivity contribution in [3.63, 3.8) is 0 Å². The van der Waals surface area contributed by atoms with Gasteiger partial charge in [0.25, 0.3) is 5.91 Å². The Hall–Kier alpha value is -3.50. The lowest BCUT2D eigenvalue weighted by molar-refractivity contribution is -1.92. The molecule has 6 nitrogen and oxygen atoms in total. The molecule has 0 bridgehead atoms. The third kappa shape index (κ3) is 9.74. The second-order valence-corrected chi connectivity index (χ2v) is 15.8. The van der Waals surface area contributed by atoms with Gasteiger partial charge in [-0.25, -0.2) is 4.39 Å². The van der Waals surface area contributed by atoms with Gasteiger partial charge in [0.05, 0.1) is 14.9 Å². The van der Waals surface area contributed by atoms with Crippen LogP contribution in [0.1, 0.15) is 0 Å². The summed E-state index contributed by atoms with van der Waals surface area (Å²) in [5.74, 6) is -0.665. The molecule has 0 heterocycles. The van der Waals surface area contributed by atoms with Gasteiger partial charge in [-0.1, -0.05) is 115 Å². The van der Waals surface area contributed by atoms with Crippen LogP contribution in [-0.2, 0) is 4.79 Å². The van der Waals surface area contributed by atoms with Gasteiger partial charge in [-0.2, -0.15) is 14.0 Å². The molecule has 5 aromatic carbocycles. The summed E-state index contributed by atoms with van der Waals surface area (Å²) in [4.78, 5) is 15.1. The van der Waals surface area contributed by atoms with E-state index < -0.39 is 30.1 Å². The van der Waals surface area contributed by atoms with Gasteiger partial charge in [0.1, 0.15) is 20.2 Å². The summed E-state index contributed by atoms with van der Waals surface area (Å²) in [6.07, 6.45) is 0. The number of thioether (sulfide) groups is 2. The van der Waals surface area contributed by atoms with E-state index in [0.29, 0.717) is 0 Å². The summed E-state index contributed by atoms with van der Waals surface area (Å²) in [7, 11) is -7.42. The Morgan fingerprint density at radius 2 is 0.911 bits per heavy atom. The molecule has 0 saturated carbocycles. The number of halogens is 2. The molecule has 11 heteroatoms. The molecule has 5 rings (SSSR count). The molecule has 0 spiro atoms. The Bertz CT molecular complexity index is 1520. The molecule has 1 amide bonds. The molecular weight excluding hydrogens is 652 g/mol. The van der Waals surface area contributed by atoms with Gasteiger partial charge >= 0.3 is 0 Å². The molecule has 230 valence electrons. The van der Waals surface area contributed by atoms with Gasteiger partial charge in [0.2, 0.25) is 0 Å². The summed E-state index contributed by atoms with van der Waals surface area (Å²) < 4.78 is 47.6. The summed E-state index contributed by atoms with van der Waals surface area (Å²) in [6, 6.07) is 51.0. The minimum Gasteiger partial charge on any atom is -0.292 e. The van der Waals surface area contributed by atoms with Gasteiger partial charge in [0, 0.05) is 9.79 Å². The highest BCUT2D eigenvalue weighted by Gasteiger charge is 2.52. The van der Waals surface area contributed by atoms with Crippen LogP contribution >= 0.6 is 30.8 Å². The second kappa shape index (κ2) is 16.7. The summed E-state index contributed by atoms with van der Waals surface area (Å²) in [5, 5.41) is 6.33. The van der Waals surface area contributed by atoms with E-state index in [2.05, 4.69) is 66.0 Å². The van der Waals surface area contributed by atoms with Crippen LogP contribution in [0, 0.1) is 10.2 Å². The Balaban J connectivity index is 0.000000854. The van der Waals surface area contributed by atoms with Crippen LogP contribution in [-0.4, -0.2) is 17.2 Å². The highest BCUT2D eigenvalue weighted by Crippen LogP contribution is 2.65. The lowest BCUT2D eigenvalue weighted by Gasteiger charge is -2.31. The van der Waals surface area contributed by atoms with Gasteiger partial charge in [-0.15, -0.1) is 0 Å². The molecule has 2 N–H and O–H groups in total. The van der Waals surface area contributed by atoms with Crippen molar-refractivity contribution < 1.29 is 38.1 Å². The summed E-state index contributed by atoms with van der Waals surface area (Å²) in [5.41, 5.74) is 0.724. The van der Waals surface area contributed by atoms with Crippen LogP contribution in [0.4, 0.5) is 4.39 Å². The smallest absolute Gasteiger partial charge is 0.258 e. The van der Waals surface area contributed by atoms with Crippen LogP contribution in [0.5, 0.6) is 0 Å². The number of benzene rings is 5. The van der Waals surface area contributed by atoms with Crippen molar-refractivity contribution in [1.82, 2.24) is 5.32 Å².